The molecule has 0 bridgehead atoms. The van der Waals surface area contributed by atoms with Gasteiger partial charge in [0.15, 0.2) is 0 Å². The van der Waals surface area contributed by atoms with Gasteiger partial charge in [-0.2, -0.15) is 0 Å². The van der Waals surface area contributed by atoms with Crippen molar-refractivity contribution in [3.63, 3.8) is 0 Å². The van der Waals surface area contributed by atoms with Gasteiger partial charge in [0.1, 0.15) is 5.82 Å². The summed E-state index contributed by atoms with van der Waals surface area (Å²) in [6, 6.07) is 12.4. The number of nitrogens with one attached hydrogen (secondary N) is 1. The minimum Gasteiger partial charge on any atom is -0.372 e. The Bertz CT molecular complexity index is 712. The van der Waals surface area contributed by atoms with Gasteiger partial charge in [0, 0.05) is 29.4 Å². The van der Waals surface area contributed by atoms with Crippen LogP contribution in [-0.4, -0.2) is 24.7 Å². The number of rotatable bonds is 5. The third-order valence-electron chi connectivity index (χ3n) is 4.14. The van der Waals surface area contributed by atoms with E-state index < -0.39 is 0 Å². The van der Waals surface area contributed by atoms with E-state index >= 15 is 0 Å². The van der Waals surface area contributed by atoms with E-state index in [1.807, 2.05) is 13.0 Å². The van der Waals surface area contributed by atoms with Crippen molar-refractivity contribution in [3.05, 3.63) is 53.8 Å². The molecule has 2 aromatic carbocycles. The average Bonchev–Trinajstić information content (AvgIpc) is 3.11. The Labute approximate surface area is 146 Å². The maximum absolute atomic E-state index is 12.9. The average molecular weight is 344 g/mol. The molecule has 0 saturated carbocycles. The van der Waals surface area contributed by atoms with Gasteiger partial charge >= 0.3 is 0 Å². The summed E-state index contributed by atoms with van der Waals surface area (Å²) < 4.78 is 12.9. The first-order chi connectivity index (χ1) is 11.6. The number of carbonyl (C=O) groups excluding carboxylic acids is 1. The van der Waals surface area contributed by atoms with Gasteiger partial charge in [0.2, 0.25) is 5.91 Å². The Balaban J connectivity index is 1.56. The lowest BCUT2D eigenvalue weighted by atomic mass is 10.1. The van der Waals surface area contributed by atoms with Gasteiger partial charge in [-0.05, 0) is 67.8 Å². The molecule has 2 aromatic rings. The van der Waals surface area contributed by atoms with Gasteiger partial charge in [-0.15, -0.1) is 11.8 Å². The number of halogens is 1. The lowest BCUT2D eigenvalue weighted by Gasteiger charge is -2.19. The van der Waals surface area contributed by atoms with E-state index in [1.165, 1.54) is 42.4 Å². The van der Waals surface area contributed by atoms with Gasteiger partial charge in [-0.3, -0.25) is 4.79 Å². The van der Waals surface area contributed by atoms with Gasteiger partial charge in [0.05, 0.1) is 5.75 Å². The molecule has 1 heterocycles. The number of anilines is 2. The molecule has 0 atom stereocenters. The summed E-state index contributed by atoms with van der Waals surface area (Å²) in [6.45, 7) is 4.24. The lowest BCUT2D eigenvalue weighted by Crippen LogP contribution is -2.18. The lowest BCUT2D eigenvalue weighted by molar-refractivity contribution is -0.113. The van der Waals surface area contributed by atoms with Crippen LogP contribution < -0.4 is 10.2 Å². The molecule has 1 N–H and O–H groups in total. The molecular formula is C19H21FN2OS. The molecule has 1 aliphatic rings. The van der Waals surface area contributed by atoms with Crippen molar-refractivity contribution < 1.29 is 9.18 Å². The molecule has 0 aliphatic carbocycles. The van der Waals surface area contributed by atoms with E-state index in [0.29, 0.717) is 5.75 Å². The third-order valence-corrected chi connectivity index (χ3v) is 5.15. The SMILES string of the molecule is Cc1cc(N2CCCC2)ccc1NC(=O)CSc1ccc(F)cc1. The van der Waals surface area contributed by atoms with Crippen molar-refractivity contribution in [2.24, 2.45) is 0 Å². The van der Waals surface area contributed by atoms with Crippen LogP contribution in [0.25, 0.3) is 0 Å². The molecule has 24 heavy (non-hydrogen) atoms. The number of benzene rings is 2. The zero-order chi connectivity index (χ0) is 16.9. The highest BCUT2D eigenvalue weighted by molar-refractivity contribution is 8.00. The van der Waals surface area contributed by atoms with Crippen molar-refractivity contribution >= 4 is 29.0 Å². The van der Waals surface area contributed by atoms with Crippen LogP contribution in [0.1, 0.15) is 18.4 Å². The highest BCUT2D eigenvalue weighted by Gasteiger charge is 2.13. The number of aryl methyl sites for hydroxylation is 1. The van der Waals surface area contributed by atoms with E-state index in [4.69, 9.17) is 0 Å². The molecule has 1 aliphatic heterocycles. The number of hydrogen-bond donors (Lipinski definition) is 1. The van der Waals surface area contributed by atoms with Crippen molar-refractivity contribution in [2.45, 2.75) is 24.7 Å². The minimum absolute atomic E-state index is 0.0543. The Morgan fingerprint density at radius 2 is 1.88 bits per heavy atom. The van der Waals surface area contributed by atoms with Crippen LogP contribution in [0.5, 0.6) is 0 Å². The van der Waals surface area contributed by atoms with Gasteiger partial charge in [-0.1, -0.05) is 0 Å². The molecule has 0 radical (unpaired) electrons. The van der Waals surface area contributed by atoms with Gasteiger partial charge in [-0.25, -0.2) is 4.39 Å². The number of amides is 1. The molecule has 0 aromatic heterocycles. The van der Waals surface area contributed by atoms with E-state index in [2.05, 4.69) is 22.3 Å². The predicted octanol–water partition coefficient (Wildman–Crippen LogP) is 4.47. The highest BCUT2D eigenvalue weighted by Crippen LogP contribution is 2.26. The smallest absolute Gasteiger partial charge is 0.234 e. The second-order valence-electron chi connectivity index (χ2n) is 5.98. The maximum Gasteiger partial charge on any atom is 0.234 e. The number of hydrogen-bond acceptors (Lipinski definition) is 3. The van der Waals surface area contributed by atoms with Crippen LogP contribution in [-0.2, 0) is 4.79 Å². The second kappa shape index (κ2) is 7.71. The summed E-state index contributed by atoms with van der Waals surface area (Å²) >= 11 is 1.40. The summed E-state index contributed by atoms with van der Waals surface area (Å²) in [5, 5.41) is 2.96. The number of carbonyl (C=O) groups is 1. The standard InChI is InChI=1S/C19H21FN2OS/c1-14-12-16(22-10-2-3-11-22)6-9-18(14)21-19(23)13-24-17-7-4-15(20)5-8-17/h4-9,12H,2-3,10-11,13H2,1H3,(H,21,23). The first-order valence-corrected chi connectivity index (χ1v) is 9.14. The first-order valence-electron chi connectivity index (χ1n) is 8.15. The van der Waals surface area contributed by atoms with Gasteiger partial charge in [0.25, 0.3) is 0 Å². The molecular weight excluding hydrogens is 323 g/mol. The fraction of sp³-hybridized carbons (Fsp3) is 0.316. The fourth-order valence-electron chi connectivity index (χ4n) is 2.83. The molecule has 1 fully saturated rings. The minimum atomic E-state index is -0.266. The molecule has 0 spiro atoms. The summed E-state index contributed by atoms with van der Waals surface area (Å²) in [7, 11) is 0. The summed E-state index contributed by atoms with van der Waals surface area (Å²) in [5.74, 6) is -0.0160. The predicted molar refractivity (Wildman–Crippen MR) is 98.4 cm³/mol. The van der Waals surface area contributed by atoms with Gasteiger partial charge < -0.3 is 10.2 Å². The molecule has 1 saturated heterocycles. The van der Waals surface area contributed by atoms with Crippen LogP contribution >= 0.6 is 11.8 Å². The Morgan fingerprint density at radius 1 is 1.17 bits per heavy atom. The molecule has 5 heteroatoms. The normalized spacial score (nSPS) is 14.0. The van der Waals surface area contributed by atoms with Crippen LogP contribution in [0.4, 0.5) is 15.8 Å². The second-order valence-corrected chi connectivity index (χ2v) is 7.03. The van der Waals surface area contributed by atoms with Crippen molar-refractivity contribution in [1.82, 2.24) is 0 Å². The number of thioether (sulfide) groups is 1. The van der Waals surface area contributed by atoms with E-state index in [1.54, 1.807) is 12.1 Å². The monoisotopic (exact) mass is 344 g/mol. The molecule has 3 rings (SSSR count). The molecule has 126 valence electrons. The zero-order valence-corrected chi connectivity index (χ0v) is 14.5. The third kappa shape index (κ3) is 4.29. The topological polar surface area (TPSA) is 32.3 Å². The van der Waals surface area contributed by atoms with Crippen LogP contribution in [0, 0.1) is 12.7 Å². The van der Waals surface area contributed by atoms with E-state index in [-0.39, 0.29) is 11.7 Å². The summed E-state index contributed by atoms with van der Waals surface area (Å²) in [4.78, 5) is 15.4. The Kier molecular flexibility index (Phi) is 5.41. The first kappa shape index (κ1) is 16.8. The van der Waals surface area contributed by atoms with Crippen LogP contribution in [0.15, 0.2) is 47.4 Å². The number of nitrogens with zero attached hydrogens (tertiary/aromatic N) is 1. The largest absolute Gasteiger partial charge is 0.372 e. The molecule has 3 nitrogen and oxygen atoms in total. The molecule has 0 unspecified atom stereocenters. The fourth-order valence-corrected chi connectivity index (χ4v) is 3.52. The highest BCUT2D eigenvalue weighted by atomic mass is 32.2. The van der Waals surface area contributed by atoms with E-state index in [9.17, 15) is 9.18 Å². The molecule has 1 amide bonds. The van der Waals surface area contributed by atoms with Crippen LogP contribution in [0.3, 0.4) is 0 Å². The Hall–Kier alpha value is -2.01. The quantitative estimate of drug-likeness (QED) is 0.813. The van der Waals surface area contributed by atoms with Crippen molar-refractivity contribution in [3.8, 4) is 0 Å². The van der Waals surface area contributed by atoms with E-state index in [0.717, 1.165) is 29.2 Å². The van der Waals surface area contributed by atoms with Crippen LogP contribution in [0.2, 0.25) is 0 Å². The summed E-state index contributed by atoms with van der Waals surface area (Å²) in [5.41, 5.74) is 3.14. The van der Waals surface area contributed by atoms with Crippen molar-refractivity contribution in [2.75, 3.05) is 29.1 Å². The summed E-state index contributed by atoms with van der Waals surface area (Å²) in [6.07, 6.45) is 2.50. The maximum atomic E-state index is 12.9. The van der Waals surface area contributed by atoms with Crippen molar-refractivity contribution in [1.29, 1.82) is 0 Å². The zero-order valence-electron chi connectivity index (χ0n) is 13.7. The Morgan fingerprint density at radius 3 is 2.54 bits per heavy atom.